The highest BCUT2D eigenvalue weighted by Gasteiger charge is 2.60. The maximum atomic E-state index is 11.4. The molecule has 2 rings (SSSR count). The minimum absolute atomic E-state index is 0.528. The zero-order valence-electron chi connectivity index (χ0n) is 7.76. The SMILES string of the molecule is O=C1C(O)C(O)C2C(O)C(O)C(CO)N12. The van der Waals surface area contributed by atoms with Gasteiger partial charge in [0.2, 0.25) is 0 Å². The van der Waals surface area contributed by atoms with E-state index in [1.54, 1.807) is 0 Å². The van der Waals surface area contributed by atoms with E-state index in [1.807, 2.05) is 0 Å². The van der Waals surface area contributed by atoms with Gasteiger partial charge in [0.15, 0.2) is 6.10 Å². The second-order valence-electron chi connectivity index (χ2n) is 3.90. The summed E-state index contributed by atoms with van der Waals surface area (Å²) in [5, 5.41) is 46.7. The largest absolute Gasteiger partial charge is 0.394 e. The molecule has 7 heteroatoms. The van der Waals surface area contributed by atoms with E-state index >= 15 is 0 Å². The molecule has 0 radical (unpaired) electrons. The molecule has 2 fully saturated rings. The van der Waals surface area contributed by atoms with E-state index in [1.165, 1.54) is 0 Å². The van der Waals surface area contributed by atoms with Gasteiger partial charge in [0.25, 0.3) is 5.91 Å². The lowest BCUT2D eigenvalue weighted by atomic mass is 10.0. The van der Waals surface area contributed by atoms with Crippen LogP contribution in [0.1, 0.15) is 0 Å². The Labute approximate surface area is 85.2 Å². The average molecular weight is 219 g/mol. The fourth-order valence-corrected chi connectivity index (χ4v) is 2.34. The summed E-state index contributed by atoms with van der Waals surface area (Å²) >= 11 is 0. The Balaban J connectivity index is 2.34. The molecule has 6 atom stereocenters. The fourth-order valence-electron chi connectivity index (χ4n) is 2.34. The number of aliphatic hydroxyl groups excluding tert-OH is 5. The van der Waals surface area contributed by atoms with Crippen LogP contribution in [-0.2, 0) is 4.79 Å². The highest BCUT2D eigenvalue weighted by Crippen LogP contribution is 2.34. The van der Waals surface area contributed by atoms with E-state index in [4.69, 9.17) is 5.11 Å². The van der Waals surface area contributed by atoms with E-state index < -0.39 is 49.0 Å². The average Bonchev–Trinajstić information content (AvgIpc) is 2.59. The number of hydrogen-bond acceptors (Lipinski definition) is 6. The van der Waals surface area contributed by atoms with Crippen molar-refractivity contribution in [1.29, 1.82) is 0 Å². The van der Waals surface area contributed by atoms with Crippen LogP contribution in [0.4, 0.5) is 0 Å². The maximum absolute atomic E-state index is 11.4. The van der Waals surface area contributed by atoms with Crippen LogP contribution in [0.2, 0.25) is 0 Å². The van der Waals surface area contributed by atoms with Crippen molar-refractivity contribution in [3.05, 3.63) is 0 Å². The summed E-state index contributed by atoms with van der Waals surface area (Å²) in [7, 11) is 0. The van der Waals surface area contributed by atoms with Crippen LogP contribution < -0.4 is 0 Å². The van der Waals surface area contributed by atoms with Gasteiger partial charge in [-0.3, -0.25) is 4.79 Å². The number of nitrogens with zero attached hydrogens (tertiary/aromatic N) is 1. The molecule has 0 saturated carbocycles. The van der Waals surface area contributed by atoms with E-state index in [2.05, 4.69) is 0 Å². The lowest BCUT2D eigenvalue weighted by molar-refractivity contribution is -0.139. The van der Waals surface area contributed by atoms with Crippen molar-refractivity contribution in [3.63, 3.8) is 0 Å². The smallest absolute Gasteiger partial charge is 0.255 e. The Hall–Kier alpha value is -0.730. The molecule has 86 valence electrons. The second-order valence-corrected chi connectivity index (χ2v) is 3.90. The number of amides is 1. The normalized spacial score (nSPS) is 49.9. The summed E-state index contributed by atoms with van der Waals surface area (Å²) in [6.07, 6.45) is -5.67. The molecule has 0 spiro atoms. The molecule has 5 N–H and O–H groups in total. The minimum Gasteiger partial charge on any atom is -0.394 e. The molecule has 0 aliphatic carbocycles. The Morgan fingerprint density at radius 3 is 2.20 bits per heavy atom. The Morgan fingerprint density at radius 1 is 1.07 bits per heavy atom. The van der Waals surface area contributed by atoms with E-state index in [9.17, 15) is 25.2 Å². The molecule has 1 amide bonds. The number of hydrogen-bond donors (Lipinski definition) is 5. The quantitative estimate of drug-likeness (QED) is 0.306. The van der Waals surface area contributed by atoms with Crippen molar-refractivity contribution in [2.45, 2.75) is 36.5 Å². The van der Waals surface area contributed by atoms with Crippen molar-refractivity contribution in [2.75, 3.05) is 6.61 Å². The molecular weight excluding hydrogens is 206 g/mol. The lowest BCUT2D eigenvalue weighted by Crippen LogP contribution is -2.43. The first kappa shape index (κ1) is 10.8. The van der Waals surface area contributed by atoms with Gasteiger partial charge in [-0.1, -0.05) is 0 Å². The highest BCUT2D eigenvalue weighted by molar-refractivity contribution is 5.85. The molecule has 2 saturated heterocycles. The summed E-state index contributed by atoms with van der Waals surface area (Å²) in [4.78, 5) is 12.4. The third-order valence-electron chi connectivity index (χ3n) is 3.14. The number of aliphatic hydroxyl groups is 5. The van der Waals surface area contributed by atoms with Crippen LogP contribution in [0.3, 0.4) is 0 Å². The summed E-state index contributed by atoms with van der Waals surface area (Å²) < 4.78 is 0. The Bertz CT molecular complexity index is 284. The number of fused-ring (bicyclic) bond motifs is 1. The van der Waals surface area contributed by atoms with Gasteiger partial charge in [-0.25, -0.2) is 0 Å². The summed E-state index contributed by atoms with van der Waals surface area (Å²) in [6, 6.07) is -2.01. The van der Waals surface area contributed by atoms with Crippen molar-refractivity contribution in [3.8, 4) is 0 Å². The van der Waals surface area contributed by atoms with Crippen molar-refractivity contribution >= 4 is 5.91 Å². The number of carbonyl (C=O) groups is 1. The predicted octanol–water partition coefficient (Wildman–Crippen LogP) is -3.98. The van der Waals surface area contributed by atoms with Gasteiger partial charge >= 0.3 is 0 Å². The summed E-state index contributed by atoms with van der Waals surface area (Å²) in [6.45, 7) is -0.528. The minimum atomic E-state index is -1.59. The predicted molar refractivity (Wildman–Crippen MR) is 45.5 cm³/mol. The van der Waals surface area contributed by atoms with Crippen molar-refractivity contribution in [1.82, 2.24) is 4.90 Å². The van der Waals surface area contributed by atoms with Crippen LogP contribution in [0.15, 0.2) is 0 Å². The van der Waals surface area contributed by atoms with Crippen LogP contribution in [0.25, 0.3) is 0 Å². The standard InChI is InChI=1S/C8H13NO6/c10-1-2-4(11)5(12)3-6(13)7(14)8(15)9(2)3/h2-7,10-14H,1H2. The first-order chi connectivity index (χ1) is 7.00. The molecule has 2 heterocycles. The van der Waals surface area contributed by atoms with Gasteiger partial charge in [-0.15, -0.1) is 0 Å². The summed E-state index contributed by atoms with van der Waals surface area (Å²) in [5.41, 5.74) is 0. The van der Waals surface area contributed by atoms with Gasteiger partial charge in [0.05, 0.1) is 18.7 Å². The number of carbonyl (C=O) groups excluding carboxylic acids is 1. The monoisotopic (exact) mass is 219 g/mol. The second kappa shape index (κ2) is 3.39. The van der Waals surface area contributed by atoms with Crippen LogP contribution >= 0.6 is 0 Å². The molecule has 0 bridgehead atoms. The van der Waals surface area contributed by atoms with Crippen molar-refractivity contribution < 1.29 is 30.3 Å². The number of rotatable bonds is 1. The van der Waals surface area contributed by atoms with Crippen LogP contribution in [0, 0.1) is 0 Å². The van der Waals surface area contributed by atoms with Gasteiger partial charge in [-0.05, 0) is 0 Å². The van der Waals surface area contributed by atoms with E-state index in [0.29, 0.717) is 0 Å². The zero-order chi connectivity index (χ0) is 11.3. The molecule has 6 unspecified atom stereocenters. The van der Waals surface area contributed by atoms with Crippen LogP contribution in [0.5, 0.6) is 0 Å². The third kappa shape index (κ3) is 1.21. The first-order valence-corrected chi connectivity index (χ1v) is 4.66. The maximum Gasteiger partial charge on any atom is 0.255 e. The molecule has 15 heavy (non-hydrogen) atoms. The fraction of sp³-hybridized carbons (Fsp3) is 0.875. The van der Waals surface area contributed by atoms with Gasteiger partial charge in [-0.2, -0.15) is 0 Å². The molecule has 0 aromatic heterocycles. The van der Waals surface area contributed by atoms with Crippen LogP contribution in [-0.4, -0.2) is 79.4 Å². The zero-order valence-corrected chi connectivity index (χ0v) is 7.76. The van der Waals surface area contributed by atoms with Gasteiger partial charge in [0, 0.05) is 0 Å². The first-order valence-electron chi connectivity index (χ1n) is 4.66. The van der Waals surface area contributed by atoms with E-state index in [-0.39, 0.29) is 0 Å². The van der Waals surface area contributed by atoms with Gasteiger partial charge in [0.1, 0.15) is 18.3 Å². The third-order valence-corrected chi connectivity index (χ3v) is 3.14. The van der Waals surface area contributed by atoms with Gasteiger partial charge < -0.3 is 30.4 Å². The Morgan fingerprint density at radius 2 is 1.67 bits per heavy atom. The summed E-state index contributed by atoms with van der Waals surface area (Å²) in [5.74, 6) is -0.776. The van der Waals surface area contributed by atoms with Crippen molar-refractivity contribution in [2.24, 2.45) is 0 Å². The molecule has 7 nitrogen and oxygen atoms in total. The van der Waals surface area contributed by atoms with E-state index in [0.717, 1.165) is 4.90 Å². The Kier molecular flexibility index (Phi) is 2.44. The lowest BCUT2D eigenvalue weighted by Gasteiger charge is -2.22. The molecular formula is C8H13NO6. The molecule has 2 aliphatic rings. The topological polar surface area (TPSA) is 121 Å². The molecule has 0 aromatic rings. The molecule has 0 aromatic carbocycles. The highest BCUT2D eigenvalue weighted by atomic mass is 16.4. The molecule has 2 aliphatic heterocycles.